The minimum absolute atomic E-state index is 0.393. The number of hydrogen-bond donors (Lipinski definition) is 0. The monoisotopic (exact) mass is 436 g/mol. The van der Waals surface area contributed by atoms with Crippen molar-refractivity contribution in [2.75, 3.05) is 13.1 Å². The predicted octanol–water partition coefficient (Wildman–Crippen LogP) is 6.48. The lowest BCUT2D eigenvalue weighted by Crippen LogP contribution is -2.28. The first-order chi connectivity index (χ1) is 15.1. The number of aromatic nitrogens is 2. The Morgan fingerprint density at radius 1 is 0.903 bits per heavy atom. The number of halogens is 1. The quantitative estimate of drug-likeness (QED) is 0.327. The van der Waals surface area contributed by atoms with Crippen LogP contribution in [0, 0.1) is 13.8 Å². The summed E-state index contributed by atoms with van der Waals surface area (Å²) in [5.74, 6) is 2.16. The number of hydrogen-bond acceptors (Lipinski definition) is 5. The zero-order chi connectivity index (χ0) is 21.6. The van der Waals surface area contributed by atoms with Crippen molar-refractivity contribution in [1.29, 1.82) is 0 Å². The van der Waals surface area contributed by atoms with E-state index in [2.05, 4.69) is 14.9 Å². The molecule has 3 aromatic rings. The van der Waals surface area contributed by atoms with Crippen molar-refractivity contribution in [3.8, 4) is 23.3 Å². The molecule has 0 spiro atoms. The molecule has 6 nitrogen and oxygen atoms in total. The van der Waals surface area contributed by atoms with E-state index < -0.39 is 0 Å². The molecule has 1 aliphatic rings. The molecule has 1 aromatic heterocycles. The molecule has 31 heavy (non-hydrogen) atoms. The van der Waals surface area contributed by atoms with Crippen molar-refractivity contribution in [2.45, 2.75) is 33.1 Å². The first-order valence-corrected chi connectivity index (χ1v) is 10.8. The Morgan fingerprint density at radius 3 is 2.35 bits per heavy atom. The van der Waals surface area contributed by atoms with Gasteiger partial charge in [-0.15, -0.1) is 0 Å². The number of aliphatic imine (C=N–C) groups is 1. The molecular formula is C24H25ClN4O2. The number of nitrogens with zero attached hydrogens (tertiary/aromatic N) is 4. The SMILES string of the molecule is Cc1cc(Oc2cc(Oc3ccc(Cl)cc3)ncn2)c(C)cc1N=CN1CCCCC1. The van der Waals surface area contributed by atoms with Crippen LogP contribution in [0.15, 0.2) is 53.8 Å². The van der Waals surface area contributed by atoms with Crippen LogP contribution in [0.25, 0.3) is 0 Å². The third kappa shape index (κ3) is 5.73. The highest BCUT2D eigenvalue weighted by Crippen LogP contribution is 2.32. The lowest BCUT2D eigenvalue weighted by Gasteiger charge is -2.23. The number of benzene rings is 2. The van der Waals surface area contributed by atoms with E-state index in [1.165, 1.54) is 25.6 Å². The zero-order valence-electron chi connectivity index (χ0n) is 17.7. The Kier molecular flexibility index (Phi) is 6.67. The first-order valence-electron chi connectivity index (χ1n) is 10.4. The molecule has 0 N–H and O–H groups in total. The molecule has 2 aromatic carbocycles. The predicted molar refractivity (Wildman–Crippen MR) is 123 cm³/mol. The van der Waals surface area contributed by atoms with Gasteiger partial charge in [0, 0.05) is 18.1 Å². The van der Waals surface area contributed by atoms with Crippen LogP contribution in [0.2, 0.25) is 5.02 Å². The van der Waals surface area contributed by atoms with E-state index in [9.17, 15) is 0 Å². The minimum Gasteiger partial charge on any atom is -0.439 e. The fourth-order valence-corrected chi connectivity index (χ4v) is 3.50. The third-order valence-corrected chi connectivity index (χ3v) is 5.36. The van der Waals surface area contributed by atoms with Crippen LogP contribution < -0.4 is 9.47 Å². The lowest BCUT2D eigenvalue weighted by atomic mass is 10.1. The molecule has 1 fully saturated rings. The number of aryl methyl sites for hydroxylation is 2. The summed E-state index contributed by atoms with van der Waals surface area (Å²) in [7, 11) is 0. The highest BCUT2D eigenvalue weighted by molar-refractivity contribution is 6.30. The summed E-state index contributed by atoms with van der Waals surface area (Å²) in [6.45, 7) is 6.19. The Labute approximate surface area is 187 Å². The Morgan fingerprint density at radius 2 is 1.61 bits per heavy atom. The highest BCUT2D eigenvalue weighted by Gasteiger charge is 2.10. The number of rotatable bonds is 6. The molecule has 2 heterocycles. The van der Waals surface area contributed by atoms with E-state index in [0.29, 0.717) is 22.5 Å². The van der Waals surface area contributed by atoms with Crippen LogP contribution in [-0.4, -0.2) is 34.3 Å². The second-order valence-electron chi connectivity index (χ2n) is 7.60. The molecule has 0 saturated carbocycles. The van der Waals surface area contributed by atoms with Crippen LogP contribution in [0.1, 0.15) is 30.4 Å². The molecule has 1 saturated heterocycles. The average Bonchev–Trinajstić information content (AvgIpc) is 2.78. The van der Waals surface area contributed by atoms with E-state index in [1.54, 1.807) is 30.3 Å². The van der Waals surface area contributed by atoms with Crippen LogP contribution in [0.4, 0.5) is 5.69 Å². The normalized spacial score (nSPS) is 14.1. The smallest absolute Gasteiger partial charge is 0.226 e. The van der Waals surface area contributed by atoms with Gasteiger partial charge in [-0.25, -0.2) is 15.0 Å². The molecule has 0 atom stereocenters. The molecule has 0 aliphatic carbocycles. The molecule has 0 bridgehead atoms. The van der Waals surface area contributed by atoms with Gasteiger partial charge < -0.3 is 14.4 Å². The van der Waals surface area contributed by atoms with Crippen molar-refractivity contribution in [1.82, 2.24) is 14.9 Å². The summed E-state index contributed by atoms with van der Waals surface area (Å²) in [5.41, 5.74) is 2.97. The van der Waals surface area contributed by atoms with Crippen molar-refractivity contribution in [3.05, 3.63) is 64.9 Å². The topological polar surface area (TPSA) is 59.8 Å². The first kappa shape index (κ1) is 21.1. The van der Waals surface area contributed by atoms with Gasteiger partial charge in [-0.3, -0.25) is 0 Å². The van der Waals surface area contributed by atoms with Gasteiger partial charge in [0.15, 0.2) is 0 Å². The van der Waals surface area contributed by atoms with Gasteiger partial charge in [0.1, 0.15) is 17.8 Å². The van der Waals surface area contributed by atoms with Crippen LogP contribution in [0.3, 0.4) is 0 Å². The fraction of sp³-hybridized carbons (Fsp3) is 0.292. The number of piperidine rings is 1. The van der Waals surface area contributed by atoms with E-state index in [1.807, 2.05) is 32.3 Å². The van der Waals surface area contributed by atoms with Gasteiger partial charge in [-0.2, -0.15) is 0 Å². The summed E-state index contributed by atoms with van der Waals surface area (Å²) in [4.78, 5) is 15.3. The molecule has 1 aliphatic heterocycles. The number of ether oxygens (including phenoxy) is 2. The fourth-order valence-electron chi connectivity index (χ4n) is 3.37. The maximum Gasteiger partial charge on any atom is 0.226 e. The van der Waals surface area contributed by atoms with Crippen LogP contribution in [0.5, 0.6) is 23.3 Å². The van der Waals surface area contributed by atoms with E-state index in [4.69, 9.17) is 26.1 Å². The van der Waals surface area contributed by atoms with Crippen molar-refractivity contribution < 1.29 is 9.47 Å². The van der Waals surface area contributed by atoms with E-state index in [0.717, 1.165) is 35.7 Å². The summed E-state index contributed by atoms with van der Waals surface area (Å²) in [5, 5.41) is 0.647. The second-order valence-corrected chi connectivity index (χ2v) is 8.03. The summed E-state index contributed by atoms with van der Waals surface area (Å²) in [6.07, 6.45) is 7.16. The van der Waals surface area contributed by atoms with Gasteiger partial charge in [0.05, 0.1) is 18.1 Å². The molecule has 160 valence electrons. The maximum atomic E-state index is 6.02. The van der Waals surface area contributed by atoms with Gasteiger partial charge in [-0.05, 0) is 80.6 Å². The minimum atomic E-state index is 0.393. The molecular weight excluding hydrogens is 412 g/mol. The Hall–Kier alpha value is -3.12. The maximum absolute atomic E-state index is 6.02. The van der Waals surface area contributed by atoms with Crippen molar-refractivity contribution in [3.63, 3.8) is 0 Å². The Bertz CT molecular complexity index is 1060. The van der Waals surface area contributed by atoms with Gasteiger partial charge in [0.25, 0.3) is 0 Å². The van der Waals surface area contributed by atoms with E-state index >= 15 is 0 Å². The average molecular weight is 437 g/mol. The van der Waals surface area contributed by atoms with Crippen molar-refractivity contribution in [2.24, 2.45) is 4.99 Å². The summed E-state index contributed by atoms with van der Waals surface area (Å²) >= 11 is 5.92. The largest absolute Gasteiger partial charge is 0.439 e. The molecule has 0 radical (unpaired) electrons. The van der Waals surface area contributed by atoms with Crippen molar-refractivity contribution >= 4 is 23.6 Å². The molecule has 0 unspecified atom stereocenters. The van der Waals surface area contributed by atoms with E-state index in [-0.39, 0.29) is 0 Å². The van der Waals surface area contributed by atoms with Crippen LogP contribution in [-0.2, 0) is 0 Å². The van der Waals surface area contributed by atoms with Gasteiger partial charge >= 0.3 is 0 Å². The highest BCUT2D eigenvalue weighted by atomic mass is 35.5. The standard InChI is InChI=1S/C24H25ClN4O2/c1-17-13-22(18(2)12-21(17)28-16-29-10-4-3-5-11-29)31-24-14-23(26-15-27-24)30-20-8-6-19(25)7-9-20/h6-9,12-16H,3-5,10-11H2,1-2H3. The summed E-state index contributed by atoms with van der Waals surface area (Å²) < 4.78 is 11.8. The molecule has 4 rings (SSSR count). The molecule has 0 amide bonds. The van der Waals surface area contributed by atoms with Crippen LogP contribution >= 0.6 is 11.6 Å². The summed E-state index contributed by atoms with van der Waals surface area (Å²) in [6, 6.07) is 12.8. The Balaban J connectivity index is 1.47. The molecule has 7 heteroatoms. The second kappa shape index (κ2) is 9.79. The lowest BCUT2D eigenvalue weighted by molar-refractivity contribution is 0.351. The van der Waals surface area contributed by atoms with Gasteiger partial charge in [0.2, 0.25) is 11.8 Å². The zero-order valence-corrected chi connectivity index (χ0v) is 18.5. The van der Waals surface area contributed by atoms with Gasteiger partial charge in [-0.1, -0.05) is 11.6 Å². The number of likely N-dealkylation sites (tertiary alicyclic amines) is 1. The third-order valence-electron chi connectivity index (χ3n) is 5.11.